The summed E-state index contributed by atoms with van der Waals surface area (Å²) in [7, 11) is -2.23. The summed E-state index contributed by atoms with van der Waals surface area (Å²) in [6.45, 7) is 2.29. The van der Waals surface area contributed by atoms with E-state index in [0.717, 1.165) is 0 Å². The van der Waals surface area contributed by atoms with Crippen LogP contribution in [0.2, 0.25) is 0 Å². The molecular weight excluding hydrogens is 543 g/mol. The van der Waals surface area contributed by atoms with Crippen molar-refractivity contribution in [3.8, 4) is 0 Å². The Hall–Kier alpha value is -1.69. The molecule has 3 aromatic rings. The summed E-state index contributed by atoms with van der Waals surface area (Å²) in [6, 6.07) is 33.9. The summed E-state index contributed by atoms with van der Waals surface area (Å²) < 4.78 is 0.451. The van der Waals surface area contributed by atoms with Gasteiger partial charge in [-0.15, -0.1) is 0 Å². The Kier molecular flexibility index (Phi) is 15.1. The Morgan fingerprint density at radius 2 is 0.895 bits per heavy atom. The molecule has 1 atom stereocenters. The second-order valence-corrected chi connectivity index (χ2v) is 16.7. The molecule has 3 rings (SSSR count). The normalized spacial score (nSPS) is 13.1. The van der Waals surface area contributed by atoms with E-state index in [0.29, 0.717) is 4.57 Å². The quantitative estimate of drug-likeness (QED) is 0.0561. The number of hydrogen-bond acceptors (Lipinski definition) is 0. The average Bonchev–Trinajstić information content (AvgIpc) is 2.97. The van der Waals surface area contributed by atoms with Crippen LogP contribution in [-0.4, -0.2) is 4.57 Å². The Bertz CT molecular complexity index is 903. The van der Waals surface area contributed by atoms with Gasteiger partial charge in [0.2, 0.25) is 0 Å². The Balaban J connectivity index is 1.50. The fraction of sp³-hybridized carbons (Fsp3) is 0.444. The first-order chi connectivity index (χ1) is 18.8. The van der Waals surface area contributed by atoms with E-state index in [4.69, 9.17) is 0 Å². The Morgan fingerprint density at radius 1 is 0.526 bits per heavy atom. The Labute approximate surface area is 242 Å². The van der Waals surface area contributed by atoms with Crippen LogP contribution in [0.4, 0.5) is 0 Å². The van der Waals surface area contributed by atoms with Crippen LogP contribution >= 0.6 is 23.2 Å². The standard InChI is InChI=1S/C36H50BrP/c1-2-3-4-5-6-7-8-9-10-11-12-13-14-15-25-32-36(37)38(33-26-19-16-20-27-33,34-28-21-17-22-29-34)35-30-23-18-24-31-35/h9-10,16-24,26-31,36,38H,2-8,11-15,25,32H2,1H3. The van der Waals surface area contributed by atoms with Crippen LogP contribution in [0.1, 0.15) is 96.8 Å². The van der Waals surface area contributed by atoms with E-state index in [1.165, 1.54) is 106 Å². The van der Waals surface area contributed by atoms with E-state index in [9.17, 15) is 0 Å². The third-order valence-corrected chi connectivity index (χ3v) is 15.4. The van der Waals surface area contributed by atoms with E-state index in [1.54, 1.807) is 0 Å². The molecule has 0 amide bonds. The van der Waals surface area contributed by atoms with Gasteiger partial charge in [0, 0.05) is 0 Å². The summed E-state index contributed by atoms with van der Waals surface area (Å²) >= 11 is 4.31. The van der Waals surface area contributed by atoms with Crippen molar-refractivity contribution in [2.45, 2.75) is 101 Å². The van der Waals surface area contributed by atoms with Crippen molar-refractivity contribution in [2.75, 3.05) is 0 Å². The summed E-state index contributed by atoms with van der Waals surface area (Å²) in [5, 5.41) is 4.48. The molecule has 0 nitrogen and oxygen atoms in total. The zero-order valence-electron chi connectivity index (χ0n) is 23.7. The predicted molar refractivity (Wildman–Crippen MR) is 179 cm³/mol. The van der Waals surface area contributed by atoms with Crippen LogP contribution in [0.5, 0.6) is 0 Å². The first-order valence-electron chi connectivity index (χ1n) is 15.3. The first kappa shape index (κ1) is 30.8. The molecule has 0 aliphatic rings. The predicted octanol–water partition coefficient (Wildman–Crippen LogP) is 10.5. The van der Waals surface area contributed by atoms with Crippen molar-refractivity contribution < 1.29 is 0 Å². The van der Waals surface area contributed by atoms with Crippen molar-refractivity contribution >= 4 is 39.1 Å². The summed E-state index contributed by atoms with van der Waals surface area (Å²) in [4.78, 5) is 0. The molecule has 0 fully saturated rings. The van der Waals surface area contributed by atoms with Gasteiger partial charge in [0.25, 0.3) is 0 Å². The third kappa shape index (κ3) is 9.50. The van der Waals surface area contributed by atoms with Crippen molar-refractivity contribution in [3.63, 3.8) is 0 Å². The van der Waals surface area contributed by atoms with E-state index in [2.05, 4.69) is 126 Å². The number of hydrogen-bond donors (Lipinski definition) is 0. The molecule has 0 saturated carbocycles. The van der Waals surface area contributed by atoms with Gasteiger partial charge in [-0.25, -0.2) is 0 Å². The number of halogens is 1. The number of alkyl halides is 1. The molecule has 38 heavy (non-hydrogen) atoms. The average molecular weight is 594 g/mol. The first-order valence-corrected chi connectivity index (χ1v) is 18.2. The number of rotatable bonds is 19. The number of benzene rings is 3. The van der Waals surface area contributed by atoms with E-state index in [-0.39, 0.29) is 0 Å². The molecule has 0 N–H and O–H groups in total. The van der Waals surface area contributed by atoms with Gasteiger partial charge in [-0.3, -0.25) is 0 Å². The zero-order chi connectivity index (χ0) is 26.7. The van der Waals surface area contributed by atoms with Crippen molar-refractivity contribution in [2.24, 2.45) is 0 Å². The molecule has 206 valence electrons. The van der Waals surface area contributed by atoms with Crippen molar-refractivity contribution in [3.05, 3.63) is 103 Å². The monoisotopic (exact) mass is 592 g/mol. The van der Waals surface area contributed by atoms with Crippen LogP contribution in [0.15, 0.2) is 103 Å². The van der Waals surface area contributed by atoms with Crippen LogP contribution < -0.4 is 15.9 Å². The van der Waals surface area contributed by atoms with Crippen molar-refractivity contribution in [1.29, 1.82) is 0 Å². The van der Waals surface area contributed by atoms with Gasteiger partial charge >= 0.3 is 205 Å². The molecule has 0 saturated heterocycles. The van der Waals surface area contributed by atoms with Crippen LogP contribution in [0.25, 0.3) is 0 Å². The SMILES string of the molecule is CCCCCCCCC=CCCCCCCCC(Br)[PH](c1ccccc1)(c1ccccc1)c1ccccc1. The van der Waals surface area contributed by atoms with Gasteiger partial charge < -0.3 is 0 Å². The summed E-state index contributed by atoms with van der Waals surface area (Å²) in [6.07, 6.45) is 23.6. The molecular formula is C36H50BrP. The fourth-order valence-corrected chi connectivity index (χ4v) is 13.3. The van der Waals surface area contributed by atoms with Gasteiger partial charge in [0.05, 0.1) is 0 Å². The molecule has 0 aliphatic carbocycles. The second-order valence-electron chi connectivity index (χ2n) is 10.7. The molecule has 1 unspecified atom stereocenters. The third-order valence-electron chi connectivity index (χ3n) is 7.88. The number of unbranched alkanes of at least 4 members (excludes halogenated alkanes) is 11. The van der Waals surface area contributed by atoms with Gasteiger partial charge in [-0.1, -0.05) is 39.0 Å². The van der Waals surface area contributed by atoms with Crippen LogP contribution in [-0.2, 0) is 0 Å². The van der Waals surface area contributed by atoms with Gasteiger partial charge in [-0.2, -0.15) is 0 Å². The molecule has 0 aliphatic heterocycles. The molecule has 0 radical (unpaired) electrons. The van der Waals surface area contributed by atoms with E-state index >= 15 is 0 Å². The summed E-state index contributed by atoms with van der Waals surface area (Å²) in [5.74, 6) is 0. The van der Waals surface area contributed by atoms with E-state index < -0.39 is 7.26 Å². The van der Waals surface area contributed by atoms with Crippen LogP contribution in [0, 0.1) is 0 Å². The van der Waals surface area contributed by atoms with Gasteiger partial charge in [-0.05, 0) is 0 Å². The Morgan fingerprint density at radius 3 is 1.32 bits per heavy atom. The molecule has 0 bridgehead atoms. The van der Waals surface area contributed by atoms with Gasteiger partial charge in [0.15, 0.2) is 0 Å². The fourth-order valence-electron chi connectivity index (χ4n) is 5.76. The zero-order valence-corrected chi connectivity index (χ0v) is 26.3. The maximum absolute atomic E-state index is 4.31. The number of allylic oxidation sites excluding steroid dienone is 2. The second kappa shape index (κ2) is 18.6. The minimum absolute atomic E-state index is 0.451. The molecule has 0 spiro atoms. The van der Waals surface area contributed by atoms with Gasteiger partial charge in [0.1, 0.15) is 0 Å². The topological polar surface area (TPSA) is 0 Å². The molecule has 0 heterocycles. The summed E-state index contributed by atoms with van der Waals surface area (Å²) in [5.41, 5.74) is 0. The minimum atomic E-state index is -2.23. The van der Waals surface area contributed by atoms with E-state index in [1.807, 2.05) is 0 Å². The van der Waals surface area contributed by atoms with Crippen molar-refractivity contribution in [1.82, 2.24) is 0 Å². The molecule has 0 aromatic heterocycles. The molecule has 3 aromatic carbocycles. The maximum atomic E-state index is 4.31. The molecule has 2 heteroatoms. The van der Waals surface area contributed by atoms with Crippen LogP contribution in [0.3, 0.4) is 0 Å².